The molecule has 0 spiro atoms. The van der Waals surface area contributed by atoms with Gasteiger partial charge in [-0.2, -0.15) is 5.10 Å². The molecule has 0 amide bonds. The van der Waals surface area contributed by atoms with Crippen LogP contribution in [0, 0.1) is 5.41 Å². The monoisotopic (exact) mass is 275 g/mol. The number of carbonyl (C=O) groups excluding carboxylic acids is 1. The van der Waals surface area contributed by atoms with Gasteiger partial charge in [0.05, 0.1) is 23.7 Å². The number of hydrogen-bond acceptors (Lipinski definition) is 4. The maximum Gasteiger partial charge on any atom is 0.313 e. The van der Waals surface area contributed by atoms with E-state index in [-0.39, 0.29) is 12.5 Å². The SMILES string of the molecule is CCn1nc(CC(C)(CN)C(=O)OC)c2ccccc21. The zero-order valence-electron chi connectivity index (χ0n) is 12.2. The zero-order valence-corrected chi connectivity index (χ0v) is 12.2. The van der Waals surface area contributed by atoms with Gasteiger partial charge in [0.25, 0.3) is 0 Å². The molecule has 108 valence electrons. The molecule has 1 aromatic carbocycles. The lowest BCUT2D eigenvalue weighted by Gasteiger charge is -2.23. The van der Waals surface area contributed by atoms with E-state index in [0.29, 0.717) is 6.42 Å². The van der Waals surface area contributed by atoms with Crippen LogP contribution in [0.3, 0.4) is 0 Å². The molecule has 0 aliphatic rings. The number of nitrogens with zero attached hydrogens (tertiary/aromatic N) is 2. The average molecular weight is 275 g/mol. The Bertz CT molecular complexity index is 621. The third-order valence-electron chi connectivity index (χ3n) is 3.72. The lowest BCUT2D eigenvalue weighted by atomic mass is 9.85. The Morgan fingerprint density at radius 3 is 2.75 bits per heavy atom. The molecule has 0 aliphatic carbocycles. The predicted molar refractivity (Wildman–Crippen MR) is 78.3 cm³/mol. The van der Waals surface area contributed by atoms with Crippen LogP contribution in [0.1, 0.15) is 19.5 Å². The van der Waals surface area contributed by atoms with Gasteiger partial charge in [0.15, 0.2) is 0 Å². The number of benzene rings is 1. The summed E-state index contributed by atoms with van der Waals surface area (Å²) in [6.07, 6.45) is 0.476. The van der Waals surface area contributed by atoms with Crippen LogP contribution in [-0.4, -0.2) is 29.4 Å². The van der Waals surface area contributed by atoms with Crippen LogP contribution in [0.15, 0.2) is 24.3 Å². The quantitative estimate of drug-likeness (QED) is 0.844. The normalized spacial score (nSPS) is 14.2. The van der Waals surface area contributed by atoms with Crippen LogP contribution in [0.4, 0.5) is 0 Å². The van der Waals surface area contributed by atoms with E-state index in [1.807, 2.05) is 42.8 Å². The van der Waals surface area contributed by atoms with Gasteiger partial charge in [-0.15, -0.1) is 0 Å². The van der Waals surface area contributed by atoms with Crippen LogP contribution < -0.4 is 5.73 Å². The van der Waals surface area contributed by atoms with Crippen molar-refractivity contribution >= 4 is 16.9 Å². The van der Waals surface area contributed by atoms with Crippen LogP contribution in [-0.2, 0) is 22.5 Å². The van der Waals surface area contributed by atoms with Crippen molar-refractivity contribution in [1.82, 2.24) is 9.78 Å². The summed E-state index contributed by atoms with van der Waals surface area (Å²) in [5.41, 5.74) is 7.00. The molecule has 0 bridgehead atoms. The van der Waals surface area contributed by atoms with Crippen molar-refractivity contribution < 1.29 is 9.53 Å². The fourth-order valence-corrected chi connectivity index (χ4v) is 2.41. The second kappa shape index (κ2) is 5.63. The summed E-state index contributed by atoms with van der Waals surface area (Å²) in [5, 5.41) is 5.68. The molecule has 1 aromatic heterocycles. The maximum absolute atomic E-state index is 11.9. The maximum atomic E-state index is 11.9. The van der Waals surface area contributed by atoms with Crippen molar-refractivity contribution in [2.75, 3.05) is 13.7 Å². The molecule has 1 heterocycles. The van der Waals surface area contributed by atoms with Crippen molar-refractivity contribution in [3.8, 4) is 0 Å². The number of ether oxygens (including phenoxy) is 1. The van der Waals surface area contributed by atoms with E-state index in [1.165, 1.54) is 7.11 Å². The molecule has 2 rings (SSSR count). The molecule has 0 saturated carbocycles. The molecule has 1 atom stereocenters. The molecule has 2 N–H and O–H groups in total. The Labute approximate surface area is 118 Å². The molecule has 20 heavy (non-hydrogen) atoms. The highest BCUT2D eigenvalue weighted by atomic mass is 16.5. The number of hydrogen-bond donors (Lipinski definition) is 1. The highest BCUT2D eigenvalue weighted by molar-refractivity contribution is 5.83. The van der Waals surface area contributed by atoms with Crippen molar-refractivity contribution in [3.05, 3.63) is 30.0 Å². The van der Waals surface area contributed by atoms with E-state index in [2.05, 4.69) is 5.10 Å². The van der Waals surface area contributed by atoms with E-state index in [0.717, 1.165) is 23.1 Å². The van der Waals surface area contributed by atoms with Crippen LogP contribution in [0.5, 0.6) is 0 Å². The zero-order chi connectivity index (χ0) is 14.8. The van der Waals surface area contributed by atoms with Gasteiger partial charge in [-0.25, -0.2) is 0 Å². The first-order valence-corrected chi connectivity index (χ1v) is 6.78. The largest absolute Gasteiger partial charge is 0.469 e. The highest BCUT2D eigenvalue weighted by Crippen LogP contribution is 2.27. The van der Waals surface area contributed by atoms with Gasteiger partial charge in [-0.1, -0.05) is 18.2 Å². The molecule has 5 heteroatoms. The topological polar surface area (TPSA) is 70.1 Å². The molecule has 5 nitrogen and oxygen atoms in total. The van der Waals surface area contributed by atoms with Crippen LogP contribution in [0.2, 0.25) is 0 Å². The molecule has 0 aliphatic heterocycles. The summed E-state index contributed by atoms with van der Waals surface area (Å²) >= 11 is 0. The van der Waals surface area contributed by atoms with Crippen molar-refractivity contribution in [1.29, 1.82) is 0 Å². The summed E-state index contributed by atoms with van der Waals surface area (Å²) in [7, 11) is 1.39. The van der Waals surface area contributed by atoms with Crippen LogP contribution >= 0.6 is 0 Å². The molecule has 0 fully saturated rings. The molecule has 1 unspecified atom stereocenters. The third kappa shape index (κ3) is 2.41. The van der Waals surface area contributed by atoms with Crippen molar-refractivity contribution in [2.24, 2.45) is 11.1 Å². The number of fused-ring (bicyclic) bond motifs is 1. The fourth-order valence-electron chi connectivity index (χ4n) is 2.41. The number of aromatic nitrogens is 2. The van der Waals surface area contributed by atoms with E-state index >= 15 is 0 Å². The minimum atomic E-state index is -0.746. The Balaban J connectivity index is 2.45. The molecule has 0 radical (unpaired) electrons. The van der Waals surface area contributed by atoms with E-state index in [9.17, 15) is 4.79 Å². The lowest BCUT2D eigenvalue weighted by molar-refractivity contribution is -0.151. The number of carbonyl (C=O) groups is 1. The number of aryl methyl sites for hydroxylation is 1. The van der Waals surface area contributed by atoms with Gasteiger partial charge in [-0.3, -0.25) is 9.48 Å². The van der Waals surface area contributed by atoms with E-state index in [1.54, 1.807) is 0 Å². The number of rotatable bonds is 5. The molecular weight excluding hydrogens is 254 g/mol. The summed E-state index contributed by atoms with van der Waals surface area (Å²) in [6, 6.07) is 8.03. The molecule has 0 saturated heterocycles. The van der Waals surface area contributed by atoms with Gasteiger partial charge in [-0.05, 0) is 19.9 Å². The summed E-state index contributed by atoms with van der Waals surface area (Å²) in [5.74, 6) is -0.296. The number of para-hydroxylation sites is 1. The lowest BCUT2D eigenvalue weighted by Crippen LogP contribution is -2.38. The fraction of sp³-hybridized carbons (Fsp3) is 0.467. The first-order valence-electron chi connectivity index (χ1n) is 6.78. The second-order valence-electron chi connectivity index (χ2n) is 5.21. The van der Waals surface area contributed by atoms with Gasteiger partial charge >= 0.3 is 5.97 Å². The Morgan fingerprint density at radius 2 is 2.15 bits per heavy atom. The van der Waals surface area contributed by atoms with Gasteiger partial charge in [0, 0.05) is 24.9 Å². The summed E-state index contributed by atoms with van der Waals surface area (Å²) in [4.78, 5) is 11.9. The van der Waals surface area contributed by atoms with E-state index < -0.39 is 5.41 Å². The van der Waals surface area contributed by atoms with Crippen molar-refractivity contribution in [3.63, 3.8) is 0 Å². The first-order chi connectivity index (χ1) is 9.55. The number of methoxy groups -OCH3 is 1. The number of esters is 1. The summed E-state index contributed by atoms with van der Waals surface area (Å²) < 4.78 is 6.81. The second-order valence-corrected chi connectivity index (χ2v) is 5.21. The van der Waals surface area contributed by atoms with E-state index in [4.69, 9.17) is 10.5 Å². The molecular formula is C15H21N3O2. The molecule has 2 aromatic rings. The highest BCUT2D eigenvalue weighted by Gasteiger charge is 2.34. The van der Waals surface area contributed by atoms with Gasteiger partial charge in [0.1, 0.15) is 0 Å². The predicted octanol–water partition coefficient (Wildman–Crippen LogP) is 1.74. The summed E-state index contributed by atoms with van der Waals surface area (Å²) in [6.45, 7) is 4.88. The van der Waals surface area contributed by atoms with Gasteiger partial charge < -0.3 is 10.5 Å². The third-order valence-corrected chi connectivity index (χ3v) is 3.72. The minimum absolute atomic E-state index is 0.229. The van der Waals surface area contributed by atoms with Gasteiger partial charge in [0.2, 0.25) is 0 Å². The smallest absolute Gasteiger partial charge is 0.313 e. The number of nitrogens with two attached hydrogens (primary N) is 1. The van der Waals surface area contributed by atoms with Crippen molar-refractivity contribution in [2.45, 2.75) is 26.8 Å². The Hall–Kier alpha value is -1.88. The first kappa shape index (κ1) is 14.5. The standard InChI is InChI=1S/C15H21N3O2/c1-4-18-13-8-6-5-7-11(13)12(17-18)9-15(2,10-16)14(19)20-3/h5-8H,4,9-10,16H2,1-3H3. The minimum Gasteiger partial charge on any atom is -0.469 e. The Morgan fingerprint density at radius 1 is 1.45 bits per heavy atom. The average Bonchev–Trinajstić information content (AvgIpc) is 2.84. The van der Waals surface area contributed by atoms with Crippen LogP contribution in [0.25, 0.3) is 10.9 Å². The Kier molecular flexibility index (Phi) is 4.09.